The highest BCUT2D eigenvalue weighted by atomic mass is 16.7. The maximum absolute atomic E-state index is 13.3. The minimum absolute atomic E-state index is 0.165. The first-order valence-corrected chi connectivity index (χ1v) is 9.71. The molecule has 29 heavy (non-hydrogen) atoms. The van der Waals surface area contributed by atoms with E-state index in [1.807, 2.05) is 0 Å². The van der Waals surface area contributed by atoms with Crippen LogP contribution in [-0.4, -0.2) is 41.3 Å². The fraction of sp³-hybridized carbons (Fsp3) is 0.632. The molecular weight excluding hydrogens is 382 g/mol. The van der Waals surface area contributed by atoms with Crippen LogP contribution in [0.15, 0.2) is 16.1 Å². The summed E-state index contributed by atoms with van der Waals surface area (Å²) in [6.45, 7) is 5.75. The third kappa shape index (κ3) is 3.69. The zero-order valence-corrected chi connectivity index (χ0v) is 16.8. The van der Waals surface area contributed by atoms with Crippen LogP contribution in [0.1, 0.15) is 56.4 Å². The second-order valence-corrected chi connectivity index (χ2v) is 6.99. The lowest BCUT2D eigenvalue weighted by atomic mass is 9.91. The zero-order chi connectivity index (χ0) is 21.2. The van der Waals surface area contributed by atoms with Gasteiger partial charge in [-0.1, -0.05) is 6.92 Å². The van der Waals surface area contributed by atoms with E-state index in [1.54, 1.807) is 19.9 Å². The van der Waals surface area contributed by atoms with Crippen LogP contribution in [0.2, 0.25) is 0 Å². The zero-order valence-electron chi connectivity index (χ0n) is 16.8. The fourth-order valence-corrected chi connectivity index (χ4v) is 3.95. The lowest BCUT2D eigenvalue weighted by Gasteiger charge is -2.25. The van der Waals surface area contributed by atoms with Crippen molar-refractivity contribution >= 4 is 11.9 Å². The average Bonchev–Trinajstić information content (AvgIpc) is 3.30. The Balaban J connectivity index is 2.18. The smallest absolute Gasteiger partial charge is 0.313 e. The van der Waals surface area contributed by atoms with Gasteiger partial charge in [0.1, 0.15) is 0 Å². The minimum Gasteiger partial charge on any atom is -0.466 e. The van der Waals surface area contributed by atoms with Crippen LogP contribution in [0.3, 0.4) is 0 Å². The van der Waals surface area contributed by atoms with Gasteiger partial charge in [-0.15, -0.1) is 4.91 Å². The third-order valence-corrected chi connectivity index (χ3v) is 5.37. The molecule has 10 nitrogen and oxygen atoms in total. The number of amides is 1. The molecule has 0 aromatic carbocycles. The number of rotatable bonds is 7. The number of esters is 1. The number of carbonyl (C=O) groups excluding carboxylic acids is 2. The van der Waals surface area contributed by atoms with Crippen molar-refractivity contribution in [1.82, 2.24) is 9.58 Å². The Bertz CT molecular complexity index is 873. The highest BCUT2D eigenvalue weighted by Gasteiger charge is 2.46. The Kier molecular flexibility index (Phi) is 6.13. The van der Waals surface area contributed by atoms with Crippen LogP contribution in [0, 0.1) is 4.91 Å². The number of ether oxygens (including phenoxy) is 3. The van der Waals surface area contributed by atoms with E-state index in [9.17, 15) is 19.3 Å². The molecular formula is C19H25N3O7. The van der Waals surface area contributed by atoms with Crippen molar-refractivity contribution in [3.63, 3.8) is 0 Å². The Morgan fingerprint density at radius 1 is 1.34 bits per heavy atom. The minimum atomic E-state index is -1.01. The first kappa shape index (κ1) is 21.1. The summed E-state index contributed by atoms with van der Waals surface area (Å²) < 4.78 is 18.3. The molecule has 1 aromatic heterocycles. The van der Waals surface area contributed by atoms with Gasteiger partial charge in [0.2, 0.25) is 11.7 Å². The normalized spacial score (nSPS) is 17.8. The van der Waals surface area contributed by atoms with Gasteiger partial charge in [-0.2, -0.15) is 5.01 Å². The second-order valence-electron chi connectivity index (χ2n) is 6.99. The molecule has 0 bridgehead atoms. The molecule has 3 heterocycles. The molecule has 10 heteroatoms. The molecule has 1 unspecified atom stereocenters. The summed E-state index contributed by atoms with van der Waals surface area (Å²) >= 11 is 0. The van der Waals surface area contributed by atoms with Gasteiger partial charge in [0.25, 0.3) is 5.56 Å². The summed E-state index contributed by atoms with van der Waals surface area (Å²) in [7, 11) is 0. The van der Waals surface area contributed by atoms with E-state index in [-0.39, 0.29) is 18.7 Å². The summed E-state index contributed by atoms with van der Waals surface area (Å²) in [6.07, 6.45) is 0.835. The highest BCUT2D eigenvalue weighted by molar-refractivity contribution is 5.79. The quantitative estimate of drug-likeness (QED) is 0.382. The SMILES string of the molecule is CCOC(=O)C(CC)c1cc2n(c(=O)c1CN(N=O)C(C)=O)CCC21OCCO1. The highest BCUT2D eigenvalue weighted by Crippen LogP contribution is 2.41. The summed E-state index contributed by atoms with van der Waals surface area (Å²) in [5.41, 5.74) is 0.706. The molecule has 0 radical (unpaired) electrons. The Hall–Kier alpha value is -2.59. The summed E-state index contributed by atoms with van der Waals surface area (Å²) in [5, 5.41) is 3.38. The molecule has 0 N–H and O–H groups in total. The maximum Gasteiger partial charge on any atom is 0.313 e. The van der Waals surface area contributed by atoms with Crippen molar-refractivity contribution in [3.05, 3.63) is 38.1 Å². The van der Waals surface area contributed by atoms with Crippen molar-refractivity contribution in [2.24, 2.45) is 5.29 Å². The molecule has 0 aliphatic carbocycles. The van der Waals surface area contributed by atoms with Gasteiger partial charge in [-0.05, 0) is 25.0 Å². The number of nitrogens with zero attached hydrogens (tertiary/aromatic N) is 3. The molecule has 3 rings (SSSR count). The predicted octanol–water partition coefficient (Wildman–Crippen LogP) is 1.54. The topological polar surface area (TPSA) is 116 Å². The molecule has 1 aromatic rings. The fourth-order valence-electron chi connectivity index (χ4n) is 3.95. The summed E-state index contributed by atoms with van der Waals surface area (Å²) in [6, 6.07) is 1.71. The van der Waals surface area contributed by atoms with Crippen LogP contribution in [0.25, 0.3) is 0 Å². The summed E-state index contributed by atoms with van der Waals surface area (Å²) in [5.74, 6) is -2.82. The first-order valence-electron chi connectivity index (χ1n) is 9.71. The van der Waals surface area contributed by atoms with Crippen molar-refractivity contribution in [2.75, 3.05) is 19.8 Å². The lowest BCUT2D eigenvalue weighted by molar-refractivity contribution is -0.163. The van der Waals surface area contributed by atoms with Crippen molar-refractivity contribution in [2.45, 2.75) is 58.4 Å². The molecule has 1 saturated heterocycles. The van der Waals surface area contributed by atoms with Crippen LogP contribution < -0.4 is 5.56 Å². The average molecular weight is 407 g/mol. The molecule has 1 atom stereocenters. The lowest BCUT2D eigenvalue weighted by Crippen LogP contribution is -2.34. The number of aromatic nitrogens is 1. The van der Waals surface area contributed by atoms with Crippen LogP contribution in [0.5, 0.6) is 0 Å². The number of nitroso groups, excluding NO2 is 1. The molecule has 0 saturated carbocycles. The molecule has 1 fully saturated rings. The largest absolute Gasteiger partial charge is 0.466 e. The van der Waals surface area contributed by atoms with Gasteiger partial charge < -0.3 is 18.8 Å². The number of fused-ring (bicyclic) bond motifs is 2. The van der Waals surface area contributed by atoms with Gasteiger partial charge >= 0.3 is 5.97 Å². The standard InChI is InChI=1S/C19H25N3O7/c1-4-13(18(25)27-5-2)14-10-16-19(28-8-9-29-19)6-7-21(16)17(24)15(14)11-22(20-26)12(3)23/h10,13H,4-9,11H2,1-3H3. The number of hydrogen-bond donors (Lipinski definition) is 0. The van der Waals surface area contributed by atoms with E-state index in [0.717, 1.165) is 0 Å². The van der Waals surface area contributed by atoms with Gasteiger partial charge in [0, 0.05) is 25.5 Å². The van der Waals surface area contributed by atoms with Gasteiger partial charge in [-0.3, -0.25) is 14.4 Å². The van der Waals surface area contributed by atoms with E-state index in [1.165, 1.54) is 11.5 Å². The Morgan fingerprint density at radius 3 is 2.59 bits per heavy atom. The van der Waals surface area contributed by atoms with Crippen LogP contribution >= 0.6 is 0 Å². The number of carbonyl (C=O) groups is 2. The van der Waals surface area contributed by atoms with Gasteiger partial charge in [0.05, 0.1) is 43.3 Å². The number of hydrogen-bond acceptors (Lipinski definition) is 8. The molecule has 158 valence electrons. The van der Waals surface area contributed by atoms with E-state index in [2.05, 4.69) is 5.29 Å². The van der Waals surface area contributed by atoms with Gasteiger partial charge in [-0.25, -0.2) is 0 Å². The van der Waals surface area contributed by atoms with Crippen molar-refractivity contribution < 1.29 is 23.8 Å². The second kappa shape index (κ2) is 8.42. The van der Waals surface area contributed by atoms with Crippen LogP contribution in [0.4, 0.5) is 0 Å². The molecule has 2 aliphatic rings. The summed E-state index contributed by atoms with van der Waals surface area (Å²) in [4.78, 5) is 48.7. The molecule has 1 spiro atoms. The van der Waals surface area contributed by atoms with E-state index in [4.69, 9.17) is 14.2 Å². The molecule has 2 aliphatic heterocycles. The van der Waals surface area contributed by atoms with Crippen LogP contribution in [-0.2, 0) is 42.7 Å². The van der Waals surface area contributed by atoms with Crippen molar-refractivity contribution in [3.8, 4) is 0 Å². The first-order chi connectivity index (χ1) is 13.9. The van der Waals surface area contributed by atoms with Crippen molar-refractivity contribution in [1.29, 1.82) is 0 Å². The van der Waals surface area contributed by atoms with E-state index < -0.39 is 29.1 Å². The Labute approximate surface area is 167 Å². The van der Waals surface area contributed by atoms with Gasteiger partial charge in [0.15, 0.2) is 0 Å². The third-order valence-electron chi connectivity index (χ3n) is 5.37. The molecule has 1 amide bonds. The Morgan fingerprint density at radius 2 is 2.03 bits per heavy atom. The van der Waals surface area contributed by atoms with E-state index >= 15 is 0 Å². The van der Waals surface area contributed by atoms with E-state index in [0.29, 0.717) is 48.9 Å². The maximum atomic E-state index is 13.3. The monoisotopic (exact) mass is 407 g/mol. The number of pyridine rings is 1. The predicted molar refractivity (Wildman–Crippen MR) is 101 cm³/mol.